The van der Waals surface area contributed by atoms with Gasteiger partial charge in [0.15, 0.2) is 0 Å². The van der Waals surface area contributed by atoms with E-state index in [4.69, 9.17) is 9.84 Å². The number of nitrogens with one attached hydrogen (secondary N) is 2. The number of carbonyl (C=O) groups excluding carboxylic acids is 1. The van der Waals surface area contributed by atoms with E-state index in [0.29, 0.717) is 11.1 Å². The summed E-state index contributed by atoms with van der Waals surface area (Å²) >= 11 is 3.24. The highest BCUT2D eigenvalue weighted by atomic mass is 79.9. The van der Waals surface area contributed by atoms with Crippen molar-refractivity contribution in [3.8, 4) is 0 Å². The molecule has 0 heterocycles. The van der Waals surface area contributed by atoms with Gasteiger partial charge in [0, 0.05) is 11.6 Å². The lowest BCUT2D eigenvalue weighted by molar-refractivity contribution is 0.0698. The van der Waals surface area contributed by atoms with Gasteiger partial charge in [-0.1, -0.05) is 19.9 Å². The highest BCUT2D eigenvalue weighted by molar-refractivity contribution is 9.10. The first kappa shape index (κ1) is 17.5. The van der Waals surface area contributed by atoms with Gasteiger partial charge in [0.2, 0.25) is 0 Å². The monoisotopic (exact) mass is 358 g/mol. The highest BCUT2D eigenvalue weighted by Gasteiger charge is 2.19. The third kappa shape index (κ3) is 5.02. The Morgan fingerprint density at radius 2 is 2.05 bits per heavy atom. The normalized spacial score (nSPS) is 12.0. The number of hydrogen-bond acceptors (Lipinski definition) is 3. The first-order chi connectivity index (χ1) is 9.86. The van der Waals surface area contributed by atoms with Gasteiger partial charge < -0.3 is 20.5 Å². The quantitative estimate of drug-likeness (QED) is 0.729. The Balaban J connectivity index is 2.86. The van der Waals surface area contributed by atoms with Crippen molar-refractivity contribution in [3.05, 3.63) is 28.2 Å². The molecular formula is C14H19BrN2O4. The van der Waals surface area contributed by atoms with Gasteiger partial charge in [-0.3, -0.25) is 0 Å². The average molecular weight is 359 g/mol. The van der Waals surface area contributed by atoms with E-state index >= 15 is 0 Å². The third-order valence-electron chi connectivity index (χ3n) is 2.95. The lowest BCUT2D eigenvalue weighted by atomic mass is 10.1. The fraction of sp³-hybridized carbons (Fsp3) is 0.429. The van der Waals surface area contributed by atoms with Gasteiger partial charge in [0.1, 0.15) is 0 Å². The van der Waals surface area contributed by atoms with Gasteiger partial charge in [-0.05, 0) is 34.0 Å². The first-order valence-electron chi connectivity index (χ1n) is 6.45. The van der Waals surface area contributed by atoms with Crippen LogP contribution in [0.15, 0.2) is 22.7 Å². The maximum absolute atomic E-state index is 12.0. The number of rotatable bonds is 6. The molecule has 1 unspecified atom stereocenters. The largest absolute Gasteiger partial charge is 0.478 e. The average Bonchev–Trinajstić information content (AvgIpc) is 2.40. The van der Waals surface area contributed by atoms with Crippen molar-refractivity contribution < 1.29 is 19.4 Å². The fourth-order valence-electron chi connectivity index (χ4n) is 1.73. The maximum atomic E-state index is 12.0. The number of halogens is 1. The van der Waals surface area contributed by atoms with Crippen molar-refractivity contribution in [3.63, 3.8) is 0 Å². The summed E-state index contributed by atoms with van der Waals surface area (Å²) in [5.74, 6) is -0.919. The molecule has 3 N–H and O–H groups in total. The first-order valence-corrected chi connectivity index (χ1v) is 7.24. The number of carboxylic acids is 1. The van der Waals surface area contributed by atoms with Crippen LogP contribution in [0.5, 0.6) is 0 Å². The number of benzene rings is 1. The molecule has 116 valence electrons. The second-order valence-corrected chi connectivity index (χ2v) is 5.73. The molecule has 1 rings (SSSR count). The molecule has 1 aromatic carbocycles. The Labute approximate surface area is 132 Å². The SMILES string of the molecule is COCC(NC(=O)Nc1c(Br)cccc1C(=O)O)C(C)C. The molecule has 0 aliphatic heterocycles. The summed E-state index contributed by atoms with van der Waals surface area (Å²) in [5, 5.41) is 14.5. The van der Waals surface area contributed by atoms with Gasteiger partial charge in [0.05, 0.1) is 23.9 Å². The van der Waals surface area contributed by atoms with Crippen LogP contribution in [-0.4, -0.2) is 36.9 Å². The summed E-state index contributed by atoms with van der Waals surface area (Å²) in [5.41, 5.74) is 0.245. The maximum Gasteiger partial charge on any atom is 0.337 e. The zero-order valence-electron chi connectivity index (χ0n) is 12.1. The summed E-state index contributed by atoms with van der Waals surface area (Å²) < 4.78 is 5.56. The topological polar surface area (TPSA) is 87.7 Å². The van der Waals surface area contributed by atoms with Gasteiger partial charge in [-0.15, -0.1) is 0 Å². The van der Waals surface area contributed by atoms with Crippen LogP contribution in [0.3, 0.4) is 0 Å². The highest BCUT2D eigenvalue weighted by Crippen LogP contribution is 2.26. The zero-order valence-corrected chi connectivity index (χ0v) is 13.7. The van der Waals surface area contributed by atoms with E-state index < -0.39 is 12.0 Å². The Morgan fingerprint density at radius 3 is 2.57 bits per heavy atom. The van der Waals surface area contributed by atoms with Crippen LogP contribution in [0.4, 0.5) is 10.5 Å². The van der Waals surface area contributed by atoms with Crippen LogP contribution in [0.2, 0.25) is 0 Å². The van der Waals surface area contributed by atoms with Crippen molar-refractivity contribution in [1.82, 2.24) is 5.32 Å². The molecule has 0 bridgehead atoms. The predicted molar refractivity (Wildman–Crippen MR) is 83.8 cm³/mol. The Hall–Kier alpha value is -1.60. The molecular weight excluding hydrogens is 340 g/mol. The van der Waals surface area contributed by atoms with Crippen molar-refractivity contribution in [2.24, 2.45) is 5.92 Å². The van der Waals surface area contributed by atoms with Gasteiger partial charge >= 0.3 is 12.0 Å². The molecule has 0 aromatic heterocycles. The number of hydrogen-bond donors (Lipinski definition) is 3. The third-order valence-corrected chi connectivity index (χ3v) is 3.61. The fourth-order valence-corrected chi connectivity index (χ4v) is 2.19. The molecule has 0 radical (unpaired) electrons. The molecule has 0 saturated heterocycles. The molecule has 1 aromatic rings. The second-order valence-electron chi connectivity index (χ2n) is 4.87. The van der Waals surface area contributed by atoms with Crippen molar-refractivity contribution in [2.75, 3.05) is 19.0 Å². The van der Waals surface area contributed by atoms with Gasteiger partial charge in [0.25, 0.3) is 0 Å². The number of ether oxygens (including phenoxy) is 1. The number of urea groups is 1. The number of anilines is 1. The predicted octanol–water partition coefficient (Wildman–Crippen LogP) is 2.94. The molecule has 6 nitrogen and oxygen atoms in total. The van der Waals surface area contributed by atoms with Gasteiger partial charge in [-0.2, -0.15) is 0 Å². The number of carbonyl (C=O) groups is 2. The summed E-state index contributed by atoms with van der Waals surface area (Å²) in [6.07, 6.45) is 0. The summed E-state index contributed by atoms with van der Waals surface area (Å²) in [6, 6.07) is 4.05. The Kier molecular flexibility index (Phi) is 6.64. The van der Waals surface area contributed by atoms with Crippen LogP contribution in [0, 0.1) is 5.92 Å². The van der Waals surface area contributed by atoms with Crippen LogP contribution in [-0.2, 0) is 4.74 Å². The number of para-hydroxylation sites is 1. The molecule has 0 saturated carbocycles. The minimum Gasteiger partial charge on any atom is -0.478 e. The number of amides is 2. The minimum absolute atomic E-state index is 0.0207. The van der Waals surface area contributed by atoms with Crippen molar-refractivity contribution in [2.45, 2.75) is 19.9 Å². The number of aromatic carboxylic acids is 1. The Morgan fingerprint density at radius 1 is 1.38 bits per heavy atom. The molecule has 0 aliphatic rings. The number of methoxy groups -OCH3 is 1. The molecule has 21 heavy (non-hydrogen) atoms. The summed E-state index contributed by atoms with van der Waals surface area (Å²) in [6.45, 7) is 4.31. The van der Waals surface area contributed by atoms with E-state index in [1.807, 2.05) is 13.8 Å². The Bertz CT molecular complexity index is 520. The van der Waals surface area contributed by atoms with Crippen LogP contribution in [0.1, 0.15) is 24.2 Å². The standard InChI is InChI=1S/C14H19BrN2O4/c1-8(2)11(7-21-3)16-14(20)17-12-9(13(18)19)5-4-6-10(12)15/h4-6,8,11H,7H2,1-3H3,(H,18,19)(H2,16,17,20). The van der Waals surface area contributed by atoms with Crippen LogP contribution in [0.25, 0.3) is 0 Å². The summed E-state index contributed by atoms with van der Waals surface area (Å²) in [7, 11) is 1.56. The molecule has 1 atom stereocenters. The van der Waals surface area contributed by atoms with E-state index in [0.717, 1.165) is 0 Å². The van der Waals surface area contributed by atoms with Crippen molar-refractivity contribution >= 4 is 33.6 Å². The molecule has 7 heteroatoms. The van der Waals surface area contributed by atoms with Crippen LogP contribution < -0.4 is 10.6 Å². The van der Waals surface area contributed by atoms with Crippen molar-refractivity contribution in [1.29, 1.82) is 0 Å². The zero-order chi connectivity index (χ0) is 16.0. The molecule has 0 aliphatic carbocycles. The van der Waals surface area contributed by atoms with E-state index in [9.17, 15) is 9.59 Å². The molecule has 2 amide bonds. The second kappa shape index (κ2) is 7.99. The smallest absolute Gasteiger partial charge is 0.337 e. The minimum atomic E-state index is -1.11. The lowest BCUT2D eigenvalue weighted by Gasteiger charge is -2.22. The van der Waals surface area contributed by atoms with E-state index in [-0.39, 0.29) is 23.2 Å². The number of carboxylic acid groups (broad SMARTS) is 1. The lowest BCUT2D eigenvalue weighted by Crippen LogP contribution is -2.44. The molecule has 0 spiro atoms. The van der Waals surface area contributed by atoms with E-state index in [1.165, 1.54) is 6.07 Å². The van der Waals surface area contributed by atoms with Gasteiger partial charge in [-0.25, -0.2) is 9.59 Å². The van der Waals surface area contributed by atoms with Crippen LogP contribution >= 0.6 is 15.9 Å². The van der Waals surface area contributed by atoms with E-state index in [1.54, 1.807) is 19.2 Å². The molecule has 0 fully saturated rings. The summed E-state index contributed by atoms with van der Waals surface area (Å²) in [4.78, 5) is 23.2. The van der Waals surface area contributed by atoms with E-state index in [2.05, 4.69) is 26.6 Å².